The number of piperidine rings is 1. The van der Waals surface area contributed by atoms with Gasteiger partial charge in [0.2, 0.25) is 0 Å². The molecular formula is C23H28N4O. The van der Waals surface area contributed by atoms with Crippen molar-refractivity contribution in [2.24, 2.45) is 5.92 Å². The number of Topliss-reactive ketones (excluding diaryl/α,β-unsaturated/α-hetero) is 1. The van der Waals surface area contributed by atoms with E-state index in [-0.39, 0.29) is 5.92 Å². The number of hydrogen-bond donors (Lipinski definition) is 0. The summed E-state index contributed by atoms with van der Waals surface area (Å²) >= 11 is 0. The second-order valence-electron chi connectivity index (χ2n) is 7.97. The predicted molar refractivity (Wildman–Crippen MR) is 110 cm³/mol. The van der Waals surface area contributed by atoms with Crippen molar-refractivity contribution in [3.05, 3.63) is 65.1 Å². The quantitative estimate of drug-likeness (QED) is 0.657. The molecule has 3 aromatic rings. The van der Waals surface area contributed by atoms with Gasteiger partial charge in [-0.3, -0.25) is 9.69 Å². The minimum absolute atomic E-state index is 0.149. The molecule has 1 aliphatic rings. The van der Waals surface area contributed by atoms with Gasteiger partial charge in [0, 0.05) is 42.4 Å². The van der Waals surface area contributed by atoms with Gasteiger partial charge in [0.15, 0.2) is 5.65 Å². The fourth-order valence-corrected chi connectivity index (χ4v) is 4.25. The van der Waals surface area contributed by atoms with Crippen molar-refractivity contribution in [2.45, 2.75) is 46.1 Å². The van der Waals surface area contributed by atoms with Crippen molar-refractivity contribution < 1.29 is 4.79 Å². The Balaban J connectivity index is 1.39. The lowest BCUT2D eigenvalue weighted by atomic mass is 9.90. The van der Waals surface area contributed by atoms with Crippen molar-refractivity contribution in [2.75, 3.05) is 13.1 Å². The third-order valence-corrected chi connectivity index (χ3v) is 5.71. The molecule has 1 unspecified atom stereocenters. The summed E-state index contributed by atoms with van der Waals surface area (Å²) in [7, 11) is 0. The highest BCUT2D eigenvalue weighted by Gasteiger charge is 2.26. The molecule has 5 heteroatoms. The zero-order valence-electron chi connectivity index (χ0n) is 16.8. The van der Waals surface area contributed by atoms with Crippen LogP contribution in [0.2, 0.25) is 0 Å². The van der Waals surface area contributed by atoms with Gasteiger partial charge in [0.25, 0.3) is 0 Å². The molecule has 4 rings (SSSR count). The number of aromatic nitrogens is 3. The summed E-state index contributed by atoms with van der Waals surface area (Å²) in [6.07, 6.45) is 5.49. The van der Waals surface area contributed by atoms with E-state index in [1.165, 1.54) is 5.56 Å². The number of carbonyl (C=O) groups excluding carboxylic acids is 1. The predicted octanol–water partition coefficient (Wildman–Crippen LogP) is 3.76. The average Bonchev–Trinajstić information content (AvgIpc) is 3.10. The van der Waals surface area contributed by atoms with Gasteiger partial charge in [-0.15, -0.1) is 0 Å². The van der Waals surface area contributed by atoms with Gasteiger partial charge in [0.05, 0.1) is 6.20 Å². The van der Waals surface area contributed by atoms with E-state index < -0.39 is 0 Å². The molecule has 0 saturated carbocycles. The van der Waals surface area contributed by atoms with Crippen LogP contribution >= 0.6 is 0 Å². The number of fused-ring (bicyclic) bond motifs is 1. The molecule has 0 aliphatic carbocycles. The summed E-state index contributed by atoms with van der Waals surface area (Å²) in [6, 6.07) is 12.3. The van der Waals surface area contributed by atoms with E-state index in [1.807, 2.05) is 41.9 Å². The maximum absolute atomic E-state index is 12.8. The van der Waals surface area contributed by atoms with E-state index >= 15 is 0 Å². The summed E-state index contributed by atoms with van der Waals surface area (Å²) in [6.45, 7) is 6.76. The summed E-state index contributed by atoms with van der Waals surface area (Å²) in [4.78, 5) is 19.8. The third kappa shape index (κ3) is 4.14. The average molecular weight is 377 g/mol. The van der Waals surface area contributed by atoms with Gasteiger partial charge in [-0.1, -0.05) is 30.3 Å². The fraction of sp³-hybridized carbons (Fsp3) is 0.435. The summed E-state index contributed by atoms with van der Waals surface area (Å²) in [5, 5.41) is 4.50. The first kappa shape index (κ1) is 18.8. The van der Waals surface area contributed by atoms with Crippen LogP contribution in [-0.2, 0) is 17.8 Å². The van der Waals surface area contributed by atoms with Crippen LogP contribution in [0.3, 0.4) is 0 Å². The van der Waals surface area contributed by atoms with Crippen LogP contribution in [0.1, 0.15) is 41.8 Å². The molecule has 2 aromatic heterocycles. The van der Waals surface area contributed by atoms with Crippen molar-refractivity contribution in [1.29, 1.82) is 0 Å². The minimum atomic E-state index is 0.149. The zero-order valence-corrected chi connectivity index (χ0v) is 16.8. The summed E-state index contributed by atoms with van der Waals surface area (Å²) in [5.41, 5.74) is 5.44. The van der Waals surface area contributed by atoms with Crippen LogP contribution in [0, 0.1) is 19.8 Å². The Morgan fingerprint density at radius 3 is 2.86 bits per heavy atom. The maximum atomic E-state index is 12.8. The van der Waals surface area contributed by atoms with Crippen LogP contribution in [0.25, 0.3) is 5.65 Å². The Labute approximate surface area is 166 Å². The minimum Gasteiger partial charge on any atom is -0.299 e. The van der Waals surface area contributed by atoms with E-state index in [4.69, 9.17) is 0 Å². The molecule has 1 aliphatic heterocycles. The van der Waals surface area contributed by atoms with Gasteiger partial charge in [-0.25, -0.2) is 9.50 Å². The van der Waals surface area contributed by atoms with Crippen molar-refractivity contribution in [1.82, 2.24) is 19.5 Å². The molecule has 0 bridgehead atoms. The van der Waals surface area contributed by atoms with Gasteiger partial charge >= 0.3 is 0 Å². The largest absolute Gasteiger partial charge is 0.299 e. The van der Waals surface area contributed by atoms with Crippen LogP contribution in [0.15, 0.2) is 42.6 Å². The monoisotopic (exact) mass is 376 g/mol. The molecule has 1 aromatic carbocycles. The molecule has 28 heavy (non-hydrogen) atoms. The van der Waals surface area contributed by atoms with Gasteiger partial charge in [-0.2, -0.15) is 5.10 Å². The lowest BCUT2D eigenvalue weighted by Gasteiger charge is -2.31. The smallest absolute Gasteiger partial charge is 0.159 e. The van der Waals surface area contributed by atoms with Crippen molar-refractivity contribution >= 4 is 11.4 Å². The number of benzene rings is 1. The zero-order chi connectivity index (χ0) is 19.5. The Bertz CT molecular complexity index is 963. The topological polar surface area (TPSA) is 50.5 Å². The number of likely N-dealkylation sites (tertiary alicyclic amines) is 1. The standard InChI is InChI=1S/C23H28N4O/c1-17-13-18(2)27-23(25-17)21(14-24-27)16-26-12-6-9-20(15-26)22(28)11-10-19-7-4-3-5-8-19/h3-5,7-8,13-14,20H,6,9-12,15-16H2,1-2H3. The maximum Gasteiger partial charge on any atom is 0.159 e. The number of carbonyl (C=O) groups is 1. The van der Waals surface area contributed by atoms with Crippen LogP contribution in [0.4, 0.5) is 0 Å². The first-order chi connectivity index (χ1) is 13.6. The van der Waals surface area contributed by atoms with E-state index in [1.54, 1.807) is 0 Å². The van der Waals surface area contributed by atoms with Crippen molar-refractivity contribution in [3.8, 4) is 0 Å². The molecule has 146 valence electrons. The highest BCUT2D eigenvalue weighted by Crippen LogP contribution is 2.22. The SMILES string of the molecule is Cc1cc(C)n2ncc(CN3CCCC(C(=O)CCc4ccccc4)C3)c2n1. The van der Waals surface area contributed by atoms with Gasteiger partial charge in [0.1, 0.15) is 5.78 Å². The third-order valence-electron chi connectivity index (χ3n) is 5.71. The summed E-state index contributed by atoms with van der Waals surface area (Å²) in [5.74, 6) is 0.550. The first-order valence-electron chi connectivity index (χ1n) is 10.2. The first-order valence-corrected chi connectivity index (χ1v) is 10.2. The Kier molecular flexibility index (Phi) is 5.53. The molecule has 1 saturated heterocycles. The number of aryl methyl sites for hydroxylation is 3. The Morgan fingerprint density at radius 2 is 2.04 bits per heavy atom. The second kappa shape index (κ2) is 8.23. The Morgan fingerprint density at radius 1 is 1.21 bits per heavy atom. The van der Waals surface area contributed by atoms with Gasteiger partial charge < -0.3 is 0 Å². The molecule has 5 nitrogen and oxygen atoms in total. The number of nitrogens with zero attached hydrogens (tertiary/aromatic N) is 4. The van der Waals surface area contributed by atoms with Crippen molar-refractivity contribution in [3.63, 3.8) is 0 Å². The molecular weight excluding hydrogens is 348 g/mol. The van der Waals surface area contributed by atoms with Crippen LogP contribution < -0.4 is 0 Å². The molecule has 0 radical (unpaired) electrons. The van der Waals surface area contributed by atoms with E-state index in [0.717, 1.165) is 61.5 Å². The second-order valence-corrected chi connectivity index (χ2v) is 7.97. The van der Waals surface area contributed by atoms with Crippen LogP contribution in [0.5, 0.6) is 0 Å². The van der Waals surface area contributed by atoms with E-state index in [2.05, 4.69) is 34.0 Å². The molecule has 1 fully saturated rings. The highest BCUT2D eigenvalue weighted by atomic mass is 16.1. The highest BCUT2D eigenvalue weighted by molar-refractivity contribution is 5.81. The Hall–Kier alpha value is -2.53. The fourth-order valence-electron chi connectivity index (χ4n) is 4.25. The number of ketones is 1. The molecule has 0 amide bonds. The molecule has 3 heterocycles. The normalized spacial score (nSPS) is 17.9. The summed E-state index contributed by atoms with van der Waals surface area (Å²) < 4.78 is 1.91. The number of hydrogen-bond acceptors (Lipinski definition) is 4. The van der Waals surface area contributed by atoms with E-state index in [0.29, 0.717) is 12.2 Å². The molecule has 0 spiro atoms. The van der Waals surface area contributed by atoms with Crippen LogP contribution in [-0.4, -0.2) is 38.4 Å². The molecule has 0 N–H and O–H groups in total. The van der Waals surface area contributed by atoms with E-state index in [9.17, 15) is 4.79 Å². The lowest BCUT2D eigenvalue weighted by Crippen LogP contribution is -2.38. The number of rotatable bonds is 6. The lowest BCUT2D eigenvalue weighted by molar-refractivity contribution is -0.124. The van der Waals surface area contributed by atoms with Gasteiger partial charge in [-0.05, 0) is 51.3 Å². The molecule has 1 atom stereocenters.